The maximum Gasteiger partial charge on any atom is 0.169 e. The Bertz CT molecular complexity index is 788. The van der Waals surface area contributed by atoms with E-state index in [1.807, 2.05) is 0 Å². The average molecular weight is 311 g/mol. The van der Waals surface area contributed by atoms with Crippen LogP contribution in [0.5, 0.6) is 0 Å². The zero-order chi connectivity index (χ0) is 14.3. The zero-order valence-corrected chi connectivity index (χ0v) is 11.6. The number of rotatable bonds is 2. The highest BCUT2D eigenvalue weighted by Gasteiger charge is 2.19. The van der Waals surface area contributed by atoms with Gasteiger partial charge in [-0.3, -0.25) is 4.98 Å². The van der Waals surface area contributed by atoms with E-state index in [1.54, 1.807) is 24.3 Å². The number of furan rings is 1. The summed E-state index contributed by atoms with van der Waals surface area (Å²) in [7, 11) is 0. The van der Waals surface area contributed by atoms with Crippen molar-refractivity contribution in [1.82, 2.24) is 4.98 Å². The molecule has 0 aliphatic heterocycles. The zero-order valence-electron chi connectivity index (χ0n) is 10.1. The molecule has 3 aromatic rings. The van der Waals surface area contributed by atoms with E-state index < -0.39 is 11.9 Å². The lowest BCUT2D eigenvalue weighted by Gasteiger charge is -2.09. The Balaban J connectivity index is 2.08. The fraction of sp³-hybridized carbons (Fsp3) is 0.0714. The molecule has 3 nitrogen and oxygen atoms in total. The van der Waals surface area contributed by atoms with Gasteiger partial charge in [0, 0.05) is 11.6 Å². The lowest BCUT2D eigenvalue weighted by molar-refractivity contribution is 0.499. The molecule has 0 radical (unpaired) electrons. The minimum atomic E-state index is -0.688. The molecule has 0 saturated heterocycles. The van der Waals surface area contributed by atoms with Crippen LogP contribution in [0.3, 0.4) is 0 Å². The van der Waals surface area contributed by atoms with Gasteiger partial charge in [0.1, 0.15) is 11.8 Å². The third-order valence-corrected chi connectivity index (χ3v) is 3.46. The Labute approximate surface area is 124 Å². The number of nitrogens with zero attached hydrogens (tertiary/aromatic N) is 1. The predicted molar refractivity (Wildman–Crippen MR) is 76.5 cm³/mol. The van der Waals surface area contributed by atoms with Gasteiger partial charge in [0.2, 0.25) is 0 Å². The summed E-state index contributed by atoms with van der Waals surface area (Å²) in [4.78, 5) is 4.10. The highest BCUT2D eigenvalue weighted by atomic mass is 35.5. The quantitative estimate of drug-likeness (QED) is 0.766. The Morgan fingerprint density at radius 3 is 2.75 bits per heavy atom. The van der Waals surface area contributed by atoms with Gasteiger partial charge in [-0.1, -0.05) is 35.3 Å². The minimum Gasteiger partial charge on any atom is -0.456 e. The summed E-state index contributed by atoms with van der Waals surface area (Å²) in [5.74, 6) is -0.0436. The van der Waals surface area contributed by atoms with E-state index in [0.717, 1.165) is 0 Å². The molecule has 0 fully saturated rings. The van der Waals surface area contributed by atoms with Gasteiger partial charge in [-0.05, 0) is 18.2 Å². The maximum atomic E-state index is 13.6. The second kappa shape index (κ2) is 5.05. The van der Waals surface area contributed by atoms with Crippen molar-refractivity contribution in [3.05, 3.63) is 63.8 Å². The molecule has 0 saturated carbocycles. The van der Waals surface area contributed by atoms with Crippen LogP contribution in [0.15, 0.2) is 40.9 Å². The number of halogens is 3. The molecule has 0 amide bonds. The van der Waals surface area contributed by atoms with Crippen LogP contribution in [-0.2, 0) is 0 Å². The van der Waals surface area contributed by atoms with Crippen LogP contribution < -0.4 is 5.73 Å². The Morgan fingerprint density at radius 2 is 2.05 bits per heavy atom. The first-order valence-corrected chi connectivity index (χ1v) is 6.56. The molecule has 3 rings (SSSR count). The SMILES string of the molecule is NC(c1cc2cccc(F)c2o1)c1ncc(Cl)cc1Cl. The molecule has 1 atom stereocenters. The average Bonchev–Trinajstić information content (AvgIpc) is 2.83. The summed E-state index contributed by atoms with van der Waals surface area (Å²) < 4.78 is 19.1. The third-order valence-electron chi connectivity index (χ3n) is 2.95. The first-order valence-electron chi connectivity index (χ1n) is 5.81. The molecule has 0 aliphatic carbocycles. The molecule has 20 heavy (non-hydrogen) atoms. The highest BCUT2D eigenvalue weighted by molar-refractivity contribution is 6.34. The van der Waals surface area contributed by atoms with E-state index >= 15 is 0 Å². The van der Waals surface area contributed by atoms with E-state index in [9.17, 15) is 4.39 Å². The summed E-state index contributed by atoms with van der Waals surface area (Å²) >= 11 is 11.9. The largest absolute Gasteiger partial charge is 0.456 e. The molecule has 2 aromatic heterocycles. The van der Waals surface area contributed by atoms with Crippen molar-refractivity contribution in [3.63, 3.8) is 0 Å². The van der Waals surface area contributed by atoms with Crippen LogP contribution in [0.4, 0.5) is 4.39 Å². The number of nitrogens with two attached hydrogens (primary N) is 1. The number of aromatic nitrogens is 1. The third kappa shape index (κ3) is 2.26. The van der Waals surface area contributed by atoms with Crippen molar-refractivity contribution < 1.29 is 8.81 Å². The fourth-order valence-corrected chi connectivity index (χ4v) is 2.49. The van der Waals surface area contributed by atoms with Gasteiger partial charge in [0.15, 0.2) is 11.4 Å². The first-order chi connectivity index (χ1) is 9.56. The number of para-hydroxylation sites is 1. The van der Waals surface area contributed by atoms with Crippen LogP contribution >= 0.6 is 23.2 Å². The van der Waals surface area contributed by atoms with Gasteiger partial charge in [-0.2, -0.15) is 0 Å². The molecule has 0 bridgehead atoms. The van der Waals surface area contributed by atoms with Crippen LogP contribution in [0.1, 0.15) is 17.5 Å². The van der Waals surface area contributed by atoms with Gasteiger partial charge >= 0.3 is 0 Å². The molecule has 0 aliphatic rings. The predicted octanol–water partition coefficient (Wildman–Crippen LogP) is 4.32. The maximum absolute atomic E-state index is 13.6. The molecule has 1 aromatic carbocycles. The number of fused-ring (bicyclic) bond motifs is 1. The lowest BCUT2D eigenvalue weighted by atomic mass is 10.1. The second-order valence-electron chi connectivity index (χ2n) is 4.31. The standard InChI is InChI=1S/C14H9Cl2FN2O/c15-8-5-9(16)13(19-6-8)12(18)11-4-7-2-1-3-10(17)14(7)20-11/h1-6,12H,18H2. The number of hydrogen-bond acceptors (Lipinski definition) is 3. The van der Waals surface area contributed by atoms with Crippen molar-refractivity contribution in [2.24, 2.45) is 5.73 Å². The van der Waals surface area contributed by atoms with E-state index in [0.29, 0.717) is 26.9 Å². The number of benzene rings is 1. The van der Waals surface area contributed by atoms with Crippen molar-refractivity contribution in [2.45, 2.75) is 6.04 Å². The number of pyridine rings is 1. The number of hydrogen-bond donors (Lipinski definition) is 1. The highest BCUT2D eigenvalue weighted by Crippen LogP contribution is 2.31. The van der Waals surface area contributed by atoms with Gasteiger partial charge in [-0.25, -0.2) is 4.39 Å². The molecule has 102 valence electrons. The van der Waals surface area contributed by atoms with E-state index in [1.165, 1.54) is 12.3 Å². The lowest BCUT2D eigenvalue weighted by Crippen LogP contribution is -2.13. The fourth-order valence-electron chi connectivity index (χ4n) is 1.99. The molecule has 1 unspecified atom stereocenters. The summed E-state index contributed by atoms with van der Waals surface area (Å²) in [6.45, 7) is 0. The Morgan fingerprint density at radius 1 is 1.25 bits per heavy atom. The van der Waals surface area contributed by atoms with Gasteiger partial charge in [0.05, 0.1) is 15.7 Å². The van der Waals surface area contributed by atoms with Gasteiger partial charge < -0.3 is 10.2 Å². The Kier molecular flexibility index (Phi) is 3.38. The summed E-state index contributed by atoms with van der Waals surface area (Å²) in [5.41, 5.74) is 6.67. The molecule has 0 spiro atoms. The Hall–Kier alpha value is -1.62. The smallest absolute Gasteiger partial charge is 0.169 e. The summed E-state index contributed by atoms with van der Waals surface area (Å²) in [5, 5.41) is 1.40. The van der Waals surface area contributed by atoms with Crippen molar-refractivity contribution in [2.75, 3.05) is 0 Å². The summed E-state index contributed by atoms with van der Waals surface area (Å²) in [6, 6.07) is 7.22. The van der Waals surface area contributed by atoms with Gasteiger partial charge in [0.25, 0.3) is 0 Å². The van der Waals surface area contributed by atoms with Crippen LogP contribution in [0.25, 0.3) is 11.0 Å². The second-order valence-corrected chi connectivity index (χ2v) is 5.15. The van der Waals surface area contributed by atoms with Crippen molar-refractivity contribution in [1.29, 1.82) is 0 Å². The molecular weight excluding hydrogens is 302 g/mol. The van der Waals surface area contributed by atoms with Crippen LogP contribution in [0.2, 0.25) is 10.0 Å². The molecule has 2 N–H and O–H groups in total. The van der Waals surface area contributed by atoms with E-state index in [2.05, 4.69) is 4.98 Å². The van der Waals surface area contributed by atoms with Crippen molar-refractivity contribution in [3.8, 4) is 0 Å². The first kappa shape index (κ1) is 13.4. The van der Waals surface area contributed by atoms with E-state index in [4.69, 9.17) is 33.4 Å². The monoisotopic (exact) mass is 310 g/mol. The van der Waals surface area contributed by atoms with Crippen LogP contribution in [-0.4, -0.2) is 4.98 Å². The van der Waals surface area contributed by atoms with Gasteiger partial charge in [-0.15, -0.1) is 0 Å². The van der Waals surface area contributed by atoms with Crippen LogP contribution in [0, 0.1) is 5.82 Å². The molecule has 2 heterocycles. The summed E-state index contributed by atoms with van der Waals surface area (Å²) in [6.07, 6.45) is 1.45. The van der Waals surface area contributed by atoms with E-state index in [-0.39, 0.29) is 5.58 Å². The molecular formula is C14H9Cl2FN2O. The topological polar surface area (TPSA) is 52.0 Å². The normalized spacial score (nSPS) is 12.8. The minimum absolute atomic E-state index is 0.169. The molecule has 6 heteroatoms. The van der Waals surface area contributed by atoms with Crippen molar-refractivity contribution >= 4 is 34.2 Å².